The number of phenols is 1. The molecule has 1 aromatic carbocycles. The smallest absolute Gasteiger partial charge is 0.127 e. The van der Waals surface area contributed by atoms with Gasteiger partial charge in [-0.1, -0.05) is 0 Å². The highest BCUT2D eigenvalue weighted by atomic mass is 35.5. The molecular formula is C29H47Cl3O2. The zero-order chi connectivity index (χ0) is 25.9. The summed E-state index contributed by atoms with van der Waals surface area (Å²) in [7, 11) is 0. The largest absolute Gasteiger partial charge is 0.507 e. The molecule has 34 heavy (non-hydrogen) atoms. The van der Waals surface area contributed by atoms with Gasteiger partial charge in [0.2, 0.25) is 0 Å². The summed E-state index contributed by atoms with van der Waals surface area (Å²) in [5, 5.41) is 10.4. The first-order valence-corrected chi connectivity index (χ1v) is 14.2. The summed E-state index contributed by atoms with van der Waals surface area (Å²) in [6.45, 7) is 16.7. The van der Waals surface area contributed by atoms with E-state index in [0.717, 1.165) is 93.1 Å². The van der Waals surface area contributed by atoms with E-state index in [9.17, 15) is 5.11 Å². The first-order valence-electron chi connectivity index (χ1n) is 13.0. The van der Waals surface area contributed by atoms with Crippen LogP contribution in [0.2, 0.25) is 0 Å². The van der Waals surface area contributed by atoms with Gasteiger partial charge < -0.3 is 9.84 Å². The van der Waals surface area contributed by atoms with Gasteiger partial charge in [-0.15, -0.1) is 34.8 Å². The second-order valence-corrected chi connectivity index (χ2v) is 15.0. The molecule has 5 heteroatoms. The highest BCUT2D eigenvalue weighted by Crippen LogP contribution is 2.45. The zero-order valence-electron chi connectivity index (χ0n) is 22.8. The molecule has 0 bridgehead atoms. The van der Waals surface area contributed by atoms with E-state index in [4.69, 9.17) is 39.5 Å². The van der Waals surface area contributed by atoms with Crippen molar-refractivity contribution in [3.8, 4) is 11.5 Å². The molecule has 0 amide bonds. The van der Waals surface area contributed by atoms with Crippen molar-refractivity contribution < 1.29 is 9.84 Å². The molecule has 0 saturated heterocycles. The summed E-state index contributed by atoms with van der Waals surface area (Å²) in [5.74, 6) is 1.39. The lowest BCUT2D eigenvalue weighted by molar-refractivity contribution is 0.0515. The van der Waals surface area contributed by atoms with E-state index in [0.29, 0.717) is 5.75 Å². The molecule has 0 aromatic heterocycles. The van der Waals surface area contributed by atoms with Crippen molar-refractivity contribution in [3.05, 3.63) is 22.3 Å². The summed E-state index contributed by atoms with van der Waals surface area (Å²) in [5.41, 5.74) is 3.92. The van der Waals surface area contributed by atoms with Gasteiger partial charge in [0.05, 0.1) is 0 Å². The number of fused-ring (bicyclic) bond motifs is 1. The molecule has 0 radical (unpaired) electrons. The van der Waals surface area contributed by atoms with Crippen LogP contribution in [0.4, 0.5) is 0 Å². The average molecular weight is 534 g/mol. The molecule has 0 aliphatic carbocycles. The second kappa shape index (κ2) is 11.4. The summed E-state index contributed by atoms with van der Waals surface area (Å²) in [6.07, 6.45) is 10.9. The lowest BCUT2D eigenvalue weighted by atomic mass is 9.83. The Morgan fingerprint density at radius 2 is 1.29 bits per heavy atom. The Bertz CT molecular complexity index is 839. The minimum Gasteiger partial charge on any atom is -0.507 e. The van der Waals surface area contributed by atoms with Crippen molar-refractivity contribution in [2.24, 2.45) is 0 Å². The molecule has 0 spiro atoms. The lowest BCUT2D eigenvalue weighted by Crippen LogP contribution is -2.37. The average Bonchev–Trinajstić information content (AvgIpc) is 2.68. The highest BCUT2D eigenvalue weighted by molar-refractivity contribution is 6.24. The van der Waals surface area contributed by atoms with Crippen LogP contribution in [0.5, 0.6) is 11.5 Å². The Labute approximate surface area is 224 Å². The van der Waals surface area contributed by atoms with Crippen molar-refractivity contribution in [2.45, 2.75) is 146 Å². The van der Waals surface area contributed by atoms with Crippen molar-refractivity contribution >= 4 is 34.8 Å². The van der Waals surface area contributed by atoms with Crippen LogP contribution in [0.1, 0.15) is 121 Å². The molecule has 196 valence electrons. The number of hydrogen-bond donors (Lipinski definition) is 1. The summed E-state index contributed by atoms with van der Waals surface area (Å²) >= 11 is 20.0. The maximum absolute atomic E-state index is 10.4. The molecule has 2 nitrogen and oxygen atoms in total. The number of rotatable bonds is 12. The second-order valence-electron chi connectivity index (χ2n) is 12.2. The van der Waals surface area contributed by atoms with Gasteiger partial charge in [-0.3, -0.25) is 0 Å². The van der Waals surface area contributed by atoms with Gasteiger partial charge in [0, 0.05) is 20.2 Å². The first kappa shape index (κ1) is 29.9. The summed E-state index contributed by atoms with van der Waals surface area (Å²) < 4.78 is 6.59. The van der Waals surface area contributed by atoms with E-state index >= 15 is 0 Å². The van der Waals surface area contributed by atoms with Gasteiger partial charge in [0.25, 0.3) is 0 Å². The Hall–Kier alpha value is -0.310. The normalized spacial score (nSPS) is 22.0. The van der Waals surface area contributed by atoms with Crippen LogP contribution in [0, 0.1) is 20.8 Å². The first-order chi connectivity index (χ1) is 15.5. The van der Waals surface area contributed by atoms with Crippen LogP contribution in [0.25, 0.3) is 0 Å². The molecular weight excluding hydrogens is 487 g/mol. The van der Waals surface area contributed by atoms with Crippen LogP contribution in [-0.4, -0.2) is 25.3 Å². The fourth-order valence-corrected chi connectivity index (χ4v) is 5.92. The van der Waals surface area contributed by atoms with E-state index in [-0.39, 0.29) is 20.2 Å². The van der Waals surface area contributed by atoms with Crippen LogP contribution < -0.4 is 4.74 Å². The SMILES string of the molecule is Cc1c(C)c2c(c(C)c1O)CCC(C)(CCCC(C)(Cl)CCCC(C)(Cl)CCCC(C)(C)Cl)O2. The van der Waals surface area contributed by atoms with Gasteiger partial charge in [-0.2, -0.15) is 0 Å². The maximum atomic E-state index is 10.4. The van der Waals surface area contributed by atoms with Gasteiger partial charge in [0.1, 0.15) is 17.1 Å². The van der Waals surface area contributed by atoms with Gasteiger partial charge >= 0.3 is 0 Å². The Morgan fingerprint density at radius 1 is 0.794 bits per heavy atom. The highest BCUT2D eigenvalue weighted by Gasteiger charge is 2.35. The topological polar surface area (TPSA) is 29.5 Å². The lowest BCUT2D eigenvalue weighted by Gasteiger charge is -2.38. The van der Waals surface area contributed by atoms with Crippen LogP contribution in [-0.2, 0) is 6.42 Å². The van der Waals surface area contributed by atoms with E-state index in [2.05, 4.69) is 41.5 Å². The zero-order valence-corrected chi connectivity index (χ0v) is 25.0. The number of phenolic OH excluding ortho intramolecular Hbond substituents is 1. The van der Waals surface area contributed by atoms with Gasteiger partial charge in [-0.25, -0.2) is 0 Å². The predicted molar refractivity (Wildman–Crippen MR) is 150 cm³/mol. The van der Waals surface area contributed by atoms with E-state index in [1.54, 1.807) is 0 Å². The van der Waals surface area contributed by atoms with E-state index in [1.165, 1.54) is 5.56 Å². The molecule has 1 aliphatic heterocycles. The monoisotopic (exact) mass is 532 g/mol. The maximum Gasteiger partial charge on any atom is 0.127 e. The number of alkyl halides is 3. The van der Waals surface area contributed by atoms with Crippen LogP contribution in [0.15, 0.2) is 0 Å². The molecule has 3 unspecified atom stereocenters. The molecule has 1 N–H and O–H groups in total. The minimum atomic E-state index is -0.219. The predicted octanol–water partition coefficient (Wildman–Crippen LogP) is 9.92. The molecule has 0 fully saturated rings. The van der Waals surface area contributed by atoms with Crippen molar-refractivity contribution in [3.63, 3.8) is 0 Å². The number of benzene rings is 1. The Balaban J connectivity index is 1.82. The van der Waals surface area contributed by atoms with Gasteiger partial charge in [-0.05, 0) is 143 Å². The number of hydrogen-bond acceptors (Lipinski definition) is 2. The van der Waals surface area contributed by atoms with E-state index < -0.39 is 0 Å². The minimum absolute atomic E-state index is 0.152. The van der Waals surface area contributed by atoms with Gasteiger partial charge in [0.15, 0.2) is 0 Å². The molecule has 1 aromatic rings. The Kier molecular flexibility index (Phi) is 10.0. The fraction of sp³-hybridized carbons (Fsp3) is 0.793. The number of halogens is 3. The third-order valence-electron chi connectivity index (χ3n) is 7.86. The third-order valence-corrected chi connectivity index (χ3v) is 8.81. The van der Waals surface area contributed by atoms with Crippen molar-refractivity contribution in [1.82, 2.24) is 0 Å². The third kappa shape index (κ3) is 8.67. The molecule has 1 aliphatic rings. The Morgan fingerprint density at radius 3 is 1.82 bits per heavy atom. The number of aromatic hydroxyl groups is 1. The molecule has 2 rings (SSSR count). The van der Waals surface area contributed by atoms with Crippen molar-refractivity contribution in [1.29, 1.82) is 0 Å². The standard InChI is InChI=1S/C29H47Cl3O2/c1-20-21(2)25-23(22(3)24(20)33)12-19-29(8,34-25)18-11-17-28(7,32)16-10-15-27(6,31)14-9-13-26(4,5)30/h33H,9-19H2,1-8H3. The summed E-state index contributed by atoms with van der Waals surface area (Å²) in [4.78, 5) is -0.558. The molecule has 3 atom stereocenters. The number of ether oxygens (including phenoxy) is 1. The summed E-state index contributed by atoms with van der Waals surface area (Å²) in [6, 6.07) is 0. The quantitative estimate of drug-likeness (QED) is 0.271. The molecule has 0 saturated carbocycles. The fourth-order valence-electron chi connectivity index (χ4n) is 5.25. The van der Waals surface area contributed by atoms with Crippen LogP contribution in [0.3, 0.4) is 0 Å². The molecule has 1 heterocycles. The van der Waals surface area contributed by atoms with Crippen LogP contribution >= 0.6 is 34.8 Å². The van der Waals surface area contributed by atoms with Crippen molar-refractivity contribution in [2.75, 3.05) is 0 Å². The van der Waals surface area contributed by atoms with E-state index in [1.807, 2.05) is 13.8 Å².